The lowest BCUT2D eigenvalue weighted by atomic mass is 9.78. The van der Waals surface area contributed by atoms with Gasteiger partial charge in [0.1, 0.15) is 23.7 Å². The first kappa shape index (κ1) is 43.0. The summed E-state index contributed by atoms with van der Waals surface area (Å²) in [4.78, 5) is 72.7. The Hall–Kier alpha value is -5.66. The van der Waals surface area contributed by atoms with E-state index >= 15 is 0 Å². The first-order valence-corrected chi connectivity index (χ1v) is 22.3. The molecule has 4 aromatic rings. The summed E-state index contributed by atoms with van der Waals surface area (Å²) in [6.07, 6.45) is 6.38. The largest absolute Gasteiger partial charge is 0.453 e. The second-order valence-electron chi connectivity index (χ2n) is 19.1. The summed E-state index contributed by atoms with van der Waals surface area (Å²) in [5, 5.41) is 5.49. The number of methoxy groups -OCH3 is 2. The van der Waals surface area contributed by atoms with E-state index in [4.69, 9.17) is 19.4 Å². The maximum absolute atomic E-state index is 13.9. The van der Waals surface area contributed by atoms with E-state index in [0.29, 0.717) is 30.8 Å². The van der Waals surface area contributed by atoms with Crippen LogP contribution in [-0.4, -0.2) is 93.1 Å². The highest BCUT2D eigenvalue weighted by Crippen LogP contribution is 2.60. The Morgan fingerprint density at radius 2 is 1.13 bits per heavy atom. The van der Waals surface area contributed by atoms with Crippen molar-refractivity contribution in [3.63, 3.8) is 0 Å². The lowest BCUT2D eigenvalue weighted by molar-refractivity contribution is -0.136. The van der Waals surface area contributed by atoms with Crippen LogP contribution in [0.3, 0.4) is 0 Å². The molecule has 4 N–H and O–H groups in total. The number of nitrogens with zero attached hydrogens (tertiary/aromatic N) is 4. The third-order valence-electron chi connectivity index (χ3n) is 13.9. The summed E-state index contributed by atoms with van der Waals surface area (Å²) >= 11 is 0. The van der Waals surface area contributed by atoms with Gasteiger partial charge in [-0.1, -0.05) is 84.9 Å². The molecule has 0 radical (unpaired) electrons. The number of imidazole rings is 2. The van der Waals surface area contributed by atoms with Crippen molar-refractivity contribution in [1.29, 1.82) is 0 Å². The van der Waals surface area contributed by atoms with Gasteiger partial charge in [-0.15, -0.1) is 0 Å². The normalized spacial score (nSPS) is 25.0. The minimum absolute atomic E-state index is 0.114. The summed E-state index contributed by atoms with van der Waals surface area (Å²) in [7, 11) is 2.61. The Bertz CT molecular complexity index is 2320. The van der Waals surface area contributed by atoms with E-state index in [1.54, 1.807) is 0 Å². The predicted octanol–water partition coefficient (Wildman–Crippen LogP) is 8.32. The number of alkyl carbamates (subject to hydrolysis) is 2. The molecule has 0 spiro atoms. The zero-order valence-corrected chi connectivity index (χ0v) is 37.5. The van der Waals surface area contributed by atoms with Gasteiger partial charge in [0, 0.05) is 18.7 Å². The molecule has 14 heteroatoms. The molecule has 2 aliphatic carbocycles. The number of rotatable bonds is 11. The zero-order valence-electron chi connectivity index (χ0n) is 37.5. The second-order valence-corrected chi connectivity index (χ2v) is 19.1. The van der Waals surface area contributed by atoms with Gasteiger partial charge >= 0.3 is 12.2 Å². The fourth-order valence-electron chi connectivity index (χ4n) is 10.8. The van der Waals surface area contributed by atoms with Crippen LogP contribution in [0.1, 0.15) is 121 Å². The molecule has 2 aromatic carbocycles. The van der Waals surface area contributed by atoms with Crippen molar-refractivity contribution in [3.8, 4) is 33.6 Å². The molecule has 2 aromatic heterocycles. The monoisotopic (exact) mass is 846 g/mol. The maximum Gasteiger partial charge on any atom is 0.407 e. The summed E-state index contributed by atoms with van der Waals surface area (Å²) in [6.45, 7) is 15.5. The van der Waals surface area contributed by atoms with E-state index in [0.717, 1.165) is 59.8 Å². The van der Waals surface area contributed by atoms with Crippen molar-refractivity contribution in [2.24, 2.45) is 29.6 Å². The number of hydrogen-bond acceptors (Lipinski definition) is 8. The number of benzene rings is 2. The maximum atomic E-state index is 13.9. The molecular formula is C48H62N8O6. The van der Waals surface area contributed by atoms with Gasteiger partial charge in [0.15, 0.2) is 0 Å². The number of ether oxygens (including phenoxy) is 2. The molecule has 330 valence electrons. The molecule has 4 heterocycles. The molecule has 9 atom stereocenters. The highest BCUT2D eigenvalue weighted by Gasteiger charge is 2.46. The van der Waals surface area contributed by atoms with Crippen LogP contribution in [0, 0.1) is 29.6 Å². The molecule has 4 amide bonds. The molecule has 2 aliphatic heterocycles. The zero-order chi connectivity index (χ0) is 44.1. The fraction of sp³-hybridized carbons (Fsp3) is 0.542. The fourth-order valence-corrected chi connectivity index (χ4v) is 10.8. The average molecular weight is 847 g/mol. The van der Waals surface area contributed by atoms with Crippen LogP contribution in [-0.2, 0) is 19.1 Å². The first-order chi connectivity index (χ1) is 29.7. The van der Waals surface area contributed by atoms with Crippen LogP contribution in [0.2, 0.25) is 0 Å². The quantitative estimate of drug-likeness (QED) is 0.117. The van der Waals surface area contributed by atoms with Crippen LogP contribution in [0.4, 0.5) is 9.59 Å². The summed E-state index contributed by atoms with van der Waals surface area (Å²) in [6, 6.07) is 11.3. The summed E-state index contributed by atoms with van der Waals surface area (Å²) in [5.74, 6) is 3.10. The number of likely N-dealkylation sites (tertiary alicyclic amines) is 2. The van der Waals surface area contributed by atoms with Gasteiger partial charge in [0.25, 0.3) is 0 Å². The van der Waals surface area contributed by atoms with Gasteiger partial charge in [-0.25, -0.2) is 19.6 Å². The van der Waals surface area contributed by atoms with E-state index in [2.05, 4.69) is 77.8 Å². The van der Waals surface area contributed by atoms with Crippen molar-refractivity contribution in [1.82, 2.24) is 40.4 Å². The van der Waals surface area contributed by atoms with Crippen molar-refractivity contribution in [2.75, 3.05) is 27.3 Å². The number of amides is 4. The van der Waals surface area contributed by atoms with Crippen molar-refractivity contribution >= 4 is 24.0 Å². The third-order valence-corrected chi connectivity index (χ3v) is 13.9. The highest BCUT2D eigenvalue weighted by atomic mass is 16.5. The molecule has 1 saturated carbocycles. The summed E-state index contributed by atoms with van der Waals surface area (Å²) < 4.78 is 9.65. The van der Waals surface area contributed by atoms with Crippen LogP contribution >= 0.6 is 0 Å². The highest BCUT2D eigenvalue weighted by molar-refractivity contribution is 5.87. The number of carbonyl (C=O) groups excluding carboxylic acids is 4. The van der Waals surface area contributed by atoms with Crippen molar-refractivity contribution in [2.45, 2.75) is 110 Å². The summed E-state index contributed by atoms with van der Waals surface area (Å²) in [5.41, 5.74) is 9.28. The van der Waals surface area contributed by atoms with Gasteiger partial charge in [0.2, 0.25) is 11.8 Å². The smallest absolute Gasteiger partial charge is 0.407 e. The van der Waals surface area contributed by atoms with E-state index in [9.17, 15) is 19.2 Å². The molecule has 2 saturated heterocycles. The molecule has 62 heavy (non-hydrogen) atoms. The van der Waals surface area contributed by atoms with Gasteiger partial charge in [-0.3, -0.25) is 9.59 Å². The second kappa shape index (κ2) is 17.2. The Balaban J connectivity index is 1.04. The average Bonchev–Trinajstić information content (AvgIpc) is 4.12. The molecular weight excluding hydrogens is 785 g/mol. The van der Waals surface area contributed by atoms with Crippen LogP contribution in [0.5, 0.6) is 0 Å². The number of carbonyl (C=O) groups is 4. The first-order valence-electron chi connectivity index (χ1n) is 22.3. The van der Waals surface area contributed by atoms with Crippen molar-refractivity contribution < 1.29 is 28.7 Å². The third kappa shape index (κ3) is 7.96. The van der Waals surface area contributed by atoms with E-state index < -0.39 is 24.3 Å². The Morgan fingerprint density at radius 1 is 0.645 bits per heavy atom. The molecule has 4 aliphatic rings. The lowest BCUT2D eigenvalue weighted by Crippen LogP contribution is -2.51. The number of H-pyrrole nitrogens is 2. The van der Waals surface area contributed by atoms with Crippen LogP contribution < -0.4 is 10.6 Å². The molecule has 8 rings (SSSR count). The van der Waals surface area contributed by atoms with Gasteiger partial charge in [0.05, 0.1) is 50.1 Å². The van der Waals surface area contributed by atoms with Crippen molar-refractivity contribution in [3.05, 3.63) is 71.6 Å². The number of fused-ring (bicyclic) bond motifs is 5. The van der Waals surface area contributed by atoms with Gasteiger partial charge in [-0.05, 0) is 94.9 Å². The SMILES string of the molecule is COC(=O)NC(C(=O)N1CC(C)CC1c1ncc(-c2ccc(-c3ccc(-c4cnc(C5CC(C)CN5C(=O)C(NC(=O)OC)C(C)C)[nH]4)c4c3C3CC4CC3C)cc2)[nH]1)C(C)C. The number of aromatic amines is 2. The number of hydrogen-bond donors (Lipinski definition) is 4. The topological polar surface area (TPSA) is 175 Å². The Labute approximate surface area is 364 Å². The van der Waals surface area contributed by atoms with E-state index in [1.807, 2.05) is 49.9 Å². The molecule has 2 bridgehead atoms. The number of nitrogens with one attached hydrogen (secondary N) is 4. The minimum atomic E-state index is -0.700. The van der Waals surface area contributed by atoms with Gasteiger partial charge in [-0.2, -0.15) is 0 Å². The Morgan fingerprint density at radius 3 is 1.65 bits per heavy atom. The van der Waals surface area contributed by atoms with Crippen LogP contribution in [0.15, 0.2) is 48.8 Å². The number of aromatic nitrogens is 4. The Kier molecular flexibility index (Phi) is 12.0. The van der Waals surface area contributed by atoms with Crippen LogP contribution in [0.25, 0.3) is 33.6 Å². The standard InChI is InChI=1S/C48H62N8O6/c1-24(2)41(53-47(59)61-8)45(57)55-22-26(5)16-37(55)43-49-20-35(51-43)30-12-10-29(11-13-30)32-14-15-33(39-31-18-28(7)34(19-31)40(32)39)36-21-50-44(52-36)38-17-27(6)23-56(38)46(58)42(25(3)4)54-48(60)62-9/h10-15,20-21,24-28,31,34,37-38,41-42H,16-19,22-23H2,1-9H3,(H,49,51)(H,50,52)(H,53,59)(H,54,60). The van der Waals surface area contributed by atoms with E-state index in [-0.39, 0.29) is 47.6 Å². The molecule has 3 fully saturated rings. The molecule has 9 unspecified atom stereocenters. The minimum Gasteiger partial charge on any atom is -0.453 e. The van der Waals surface area contributed by atoms with E-state index in [1.165, 1.54) is 36.5 Å². The molecule has 14 nitrogen and oxygen atoms in total. The van der Waals surface area contributed by atoms with Gasteiger partial charge < -0.3 is 39.9 Å². The predicted molar refractivity (Wildman–Crippen MR) is 236 cm³/mol. The lowest BCUT2D eigenvalue weighted by Gasteiger charge is -2.30.